The van der Waals surface area contributed by atoms with Crippen molar-refractivity contribution in [2.75, 3.05) is 5.73 Å². The fourth-order valence-corrected chi connectivity index (χ4v) is 2.48. The van der Waals surface area contributed by atoms with E-state index in [1.165, 1.54) is 0 Å². The van der Waals surface area contributed by atoms with E-state index in [1.54, 1.807) is 0 Å². The van der Waals surface area contributed by atoms with E-state index in [0.29, 0.717) is 12.8 Å². The van der Waals surface area contributed by atoms with Crippen LogP contribution in [0.4, 0.5) is 5.69 Å². The molecule has 1 atom stereocenters. The number of amides is 1. The Kier molecular flexibility index (Phi) is 4.68. The first kappa shape index (κ1) is 15.2. The molecule has 0 aliphatic rings. The van der Waals surface area contributed by atoms with Gasteiger partial charge < -0.3 is 15.5 Å². The number of rotatable bonds is 5. The van der Waals surface area contributed by atoms with Gasteiger partial charge in [0.15, 0.2) is 0 Å². The number of carbonyl (C=O) groups is 1. The lowest BCUT2D eigenvalue weighted by atomic mass is 10.1. The van der Waals surface area contributed by atoms with Crippen LogP contribution in [0.15, 0.2) is 34.7 Å². The molecule has 1 aromatic carbocycles. The summed E-state index contributed by atoms with van der Waals surface area (Å²) in [6.45, 7) is 5.78. The van der Waals surface area contributed by atoms with Crippen LogP contribution in [-0.4, -0.2) is 5.91 Å². The second-order valence-corrected chi connectivity index (χ2v) is 5.36. The van der Waals surface area contributed by atoms with Crippen molar-refractivity contribution in [3.63, 3.8) is 0 Å². The zero-order chi connectivity index (χ0) is 15.4. The molecule has 1 unspecified atom stereocenters. The number of nitrogens with one attached hydrogen (secondary N) is 1. The third-order valence-electron chi connectivity index (χ3n) is 3.60. The van der Waals surface area contributed by atoms with Crippen LogP contribution in [0.5, 0.6) is 0 Å². The number of hydrogen-bond acceptors (Lipinski definition) is 3. The summed E-state index contributed by atoms with van der Waals surface area (Å²) in [5.74, 6) is 1.73. The van der Waals surface area contributed by atoms with Crippen LogP contribution in [0.1, 0.15) is 42.0 Å². The molecule has 1 amide bonds. The van der Waals surface area contributed by atoms with Crippen molar-refractivity contribution in [1.82, 2.24) is 5.32 Å². The SMILES string of the molecule is Cc1cc(C(C)NC(=O)CCc2ccccc2N)c(C)o1. The van der Waals surface area contributed by atoms with E-state index >= 15 is 0 Å². The lowest BCUT2D eigenvalue weighted by Crippen LogP contribution is -2.27. The molecule has 0 spiro atoms. The van der Waals surface area contributed by atoms with Crippen LogP contribution in [0.2, 0.25) is 0 Å². The third-order valence-corrected chi connectivity index (χ3v) is 3.60. The summed E-state index contributed by atoms with van der Waals surface area (Å²) < 4.78 is 5.49. The van der Waals surface area contributed by atoms with Crippen molar-refractivity contribution in [3.8, 4) is 0 Å². The molecule has 0 fully saturated rings. The van der Waals surface area contributed by atoms with Crippen molar-refractivity contribution in [1.29, 1.82) is 0 Å². The van der Waals surface area contributed by atoms with Crippen molar-refractivity contribution < 1.29 is 9.21 Å². The molecule has 21 heavy (non-hydrogen) atoms. The number of carbonyl (C=O) groups excluding carboxylic acids is 1. The van der Waals surface area contributed by atoms with Crippen LogP contribution in [0, 0.1) is 13.8 Å². The van der Waals surface area contributed by atoms with Crippen molar-refractivity contribution in [2.24, 2.45) is 0 Å². The summed E-state index contributed by atoms with van der Waals surface area (Å²) in [5, 5.41) is 3.00. The summed E-state index contributed by atoms with van der Waals surface area (Å²) >= 11 is 0. The third kappa shape index (κ3) is 3.88. The van der Waals surface area contributed by atoms with Crippen molar-refractivity contribution >= 4 is 11.6 Å². The highest BCUT2D eigenvalue weighted by atomic mass is 16.3. The first-order valence-corrected chi connectivity index (χ1v) is 7.17. The lowest BCUT2D eigenvalue weighted by molar-refractivity contribution is -0.121. The van der Waals surface area contributed by atoms with Gasteiger partial charge in [0.1, 0.15) is 11.5 Å². The van der Waals surface area contributed by atoms with Gasteiger partial charge in [-0.25, -0.2) is 0 Å². The van der Waals surface area contributed by atoms with E-state index in [9.17, 15) is 4.79 Å². The first-order valence-electron chi connectivity index (χ1n) is 7.17. The van der Waals surface area contributed by atoms with E-state index in [0.717, 1.165) is 28.3 Å². The average Bonchev–Trinajstić information content (AvgIpc) is 2.77. The quantitative estimate of drug-likeness (QED) is 0.829. The van der Waals surface area contributed by atoms with Crippen molar-refractivity contribution in [3.05, 3.63) is 53.0 Å². The molecular weight excluding hydrogens is 264 g/mol. The van der Waals surface area contributed by atoms with E-state index in [1.807, 2.05) is 51.1 Å². The van der Waals surface area contributed by atoms with Crippen LogP contribution in [0.3, 0.4) is 0 Å². The number of para-hydroxylation sites is 1. The number of furan rings is 1. The fourth-order valence-electron chi connectivity index (χ4n) is 2.48. The first-order chi connectivity index (χ1) is 9.97. The molecule has 0 aliphatic heterocycles. The van der Waals surface area contributed by atoms with Gasteiger partial charge in [0, 0.05) is 17.7 Å². The minimum Gasteiger partial charge on any atom is -0.466 e. The average molecular weight is 286 g/mol. The maximum absolute atomic E-state index is 12.0. The number of benzene rings is 1. The maximum atomic E-state index is 12.0. The minimum atomic E-state index is -0.0527. The van der Waals surface area contributed by atoms with E-state index in [4.69, 9.17) is 10.2 Å². The van der Waals surface area contributed by atoms with Gasteiger partial charge >= 0.3 is 0 Å². The number of hydrogen-bond donors (Lipinski definition) is 2. The fraction of sp³-hybridized carbons (Fsp3) is 0.353. The summed E-state index contributed by atoms with van der Waals surface area (Å²) in [7, 11) is 0. The summed E-state index contributed by atoms with van der Waals surface area (Å²) in [6, 6.07) is 9.55. The molecule has 0 radical (unpaired) electrons. The molecule has 0 bridgehead atoms. The predicted molar refractivity (Wildman–Crippen MR) is 83.9 cm³/mol. The summed E-state index contributed by atoms with van der Waals surface area (Å²) in [4.78, 5) is 12.0. The second kappa shape index (κ2) is 6.48. The second-order valence-electron chi connectivity index (χ2n) is 5.36. The van der Waals surface area contributed by atoms with Gasteiger partial charge in [-0.2, -0.15) is 0 Å². The van der Waals surface area contributed by atoms with Gasteiger partial charge in [-0.3, -0.25) is 4.79 Å². The van der Waals surface area contributed by atoms with E-state index < -0.39 is 0 Å². The lowest BCUT2D eigenvalue weighted by Gasteiger charge is -2.13. The highest BCUT2D eigenvalue weighted by molar-refractivity contribution is 5.77. The Morgan fingerprint density at radius 2 is 2.05 bits per heavy atom. The van der Waals surface area contributed by atoms with Crippen LogP contribution in [-0.2, 0) is 11.2 Å². The monoisotopic (exact) mass is 286 g/mol. The molecule has 4 nitrogen and oxygen atoms in total. The van der Waals surface area contributed by atoms with Gasteiger partial charge in [-0.05, 0) is 44.9 Å². The number of aryl methyl sites for hydroxylation is 3. The molecule has 0 saturated carbocycles. The van der Waals surface area contributed by atoms with Crippen LogP contribution >= 0.6 is 0 Å². The van der Waals surface area contributed by atoms with Gasteiger partial charge in [0.25, 0.3) is 0 Å². The van der Waals surface area contributed by atoms with Crippen LogP contribution < -0.4 is 11.1 Å². The van der Waals surface area contributed by atoms with Gasteiger partial charge in [0.05, 0.1) is 6.04 Å². The topological polar surface area (TPSA) is 68.3 Å². The molecule has 1 heterocycles. The smallest absolute Gasteiger partial charge is 0.220 e. The minimum absolute atomic E-state index is 0.0176. The molecular formula is C17H22N2O2. The van der Waals surface area contributed by atoms with Crippen LogP contribution in [0.25, 0.3) is 0 Å². The highest BCUT2D eigenvalue weighted by Gasteiger charge is 2.15. The van der Waals surface area contributed by atoms with Gasteiger partial charge in [0.2, 0.25) is 5.91 Å². The zero-order valence-electron chi connectivity index (χ0n) is 12.8. The molecule has 2 aromatic rings. The predicted octanol–water partition coefficient (Wildman–Crippen LogP) is 3.29. The van der Waals surface area contributed by atoms with E-state index in [2.05, 4.69) is 5.32 Å². The zero-order valence-corrected chi connectivity index (χ0v) is 12.8. The van der Waals surface area contributed by atoms with Gasteiger partial charge in [-0.1, -0.05) is 18.2 Å². The number of nitrogen functional groups attached to an aromatic ring is 1. The largest absolute Gasteiger partial charge is 0.466 e. The molecule has 0 saturated heterocycles. The Balaban J connectivity index is 1.90. The Bertz CT molecular complexity index is 631. The number of anilines is 1. The molecule has 3 N–H and O–H groups in total. The molecule has 112 valence electrons. The normalized spacial score (nSPS) is 12.1. The summed E-state index contributed by atoms with van der Waals surface area (Å²) in [5.41, 5.74) is 8.65. The Hall–Kier alpha value is -2.23. The summed E-state index contributed by atoms with van der Waals surface area (Å²) in [6.07, 6.45) is 1.07. The standard InChI is InChI=1S/C17H22N2O2/c1-11-10-15(13(3)21-11)12(2)19-17(20)9-8-14-6-4-5-7-16(14)18/h4-7,10,12H,8-9,18H2,1-3H3,(H,19,20). The Morgan fingerprint density at radius 1 is 1.33 bits per heavy atom. The number of nitrogens with two attached hydrogens (primary N) is 1. The Labute approximate surface area is 125 Å². The molecule has 4 heteroatoms. The molecule has 1 aromatic heterocycles. The van der Waals surface area contributed by atoms with Gasteiger partial charge in [-0.15, -0.1) is 0 Å². The molecule has 0 aliphatic carbocycles. The molecule has 2 rings (SSSR count). The maximum Gasteiger partial charge on any atom is 0.220 e. The highest BCUT2D eigenvalue weighted by Crippen LogP contribution is 2.21. The van der Waals surface area contributed by atoms with Crippen molar-refractivity contribution in [2.45, 2.75) is 39.7 Å². The Morgan fingerprint density at radius 3 is 2.67 bits per heavy atom. The van der Waals surface area contributed by atoms with E-state index in [-0.39, 0.29) is 11.9 Å².